The molecule has 0 aliphatic heterocycles. The van der Waals surface area contributed by atoms with Crippen molar-refractivity contribution in [3.63, 3.8) is 0 Å². The van der Waals surface area contributed by atoms with Crippen LogP contribution in [0.15, 0.2) is 0 Å². The lowest BCUT2D eigenvalue weighted by molar-refractivity contribution is -0.282. The summed E-state index contributed by atoms with van der Waals surface area (Å²) in [6, 6.07) is 0. The molecular formula is C10H22O4. The zero-order valence-electron chi connectivity index (χ0n) is 9.83. The molecule has 0 amide bonds. The number of ketones is 1. The third kappa shape index (κ3) is 17.6. The zero-order valence-corrected chi connectivity index (χ0v) is 9.83. The van der Waals surface area contributed by atoms with E-state index in [1.165, 1.54) is 13.8 Å². The lowest BCUT2D eigenvalue weighted by atomic mass is 10.6. The van der Waals surface area contributed by atoms with Gasteiger partial charge in [0.15, 0.2) is 0 Å². The van der Waals surface area contributed by atoms with Crippen LogP contribution < -0.4 is 0 Å². The highest BCUT2D eigenvalue weighted by Crippen LogP contribution is 1.95. The molecule has 0 saturated carbocycles. The van der Waals surface area contributed by atoms with E-state index in [-0.39, 0.29) is 5.78 Å². The van der Waals surface area contributed by atoms with Crippen LogP contribution in [0.4, 0.5) is 0 Å². The molecule has 4 heteroatoms. The van der Waals surface area contributed by atoms with E-state index in [0.717, 1.165) is 0 Å². The fourth-order valence-electron chi connectivity index (χ4n) is 0.553. The summed E-state index contributed by atoms with van der Waals surface area (Å²) in [6.07, 6.45) is 0. The van der Waals surface area contributed by atoms with Crippen molar-refractivity contribution in [1.29, 1.82) is 0 Å². The Labute approximate surface area is 86.5 Å². The van der Waals surface area contributed by atoms with Crippen molar-refractivity contribution in [2.24, 2.45) is 0 Å². The minimum Gasteiger partial charge on any atom is -0.330 e. The van der Waals surface area contributed by atoms with Crippen LogP contribution in [0.25, 0.3) is 0 Å². The monoisotopic (exact) mass is 206 g/mol. The van der Waals surface area contributed by atoms with E-state index in [1.54, 1.807) is 0 Å². The Kier molecular flexibility index (Phi) is 14.3. The molecular weight excluding hydrogens is 184 g/mol. The van der Waals surface area contributed by atoms with Crippen LogP contribution in [-0.4, -0.2) is 32.1 Å². The van der Waals surface area contributed by atoms with E-state index in [9.17, 15) is 4.79 Å². The number of rotatable bonds is 6. The van der Waals surface area contributed by atoms with Crippen molar-refractivity contribution in [3.8, 4) is 0 Å². The topological polar surface area (TPSA) is 44.8 Å². The van der Waals surface area contributed by atoms with E-state index in [4.69, 9.17) is 14.2 Å². The van der Waals surface area contributed by atoms with Crippen molar-refractivity contribution < 1.29 is 19.0 Å². The molecule has 0 spiro atoms. The smallest absolute Gasteiger partial charge is 0.271 e. The van der Waals surface area contributed by atoms with Crippen molar-refractivity contribution in [3.05, 3.63) is 0 Å². The van der Waals surface area contributed by atoms with Crippen LogP contribution in [0.5, 0.6) is 0 Å². The van der Waals surface area contributed by atoms with Gasteiger partial charge >= 0.3 is 0 Å². The first-order valence-electron chi connectivity index (χ1n) is 4.90. The number of carbonyl (C=O) groups excluding carboxylic acids is 1. The van der Waals surface area contributed by atoms with E-state index in [1.807, 2.05) is 20.8 Å². The first-order valence-corrected chi connectivity index (χ1v) is 4.90. The molecule has 0 aromatic rings. The van der Waals surface area contributed by atoms with Crippen molar-refractivity contribution in [2.45, 2.75) is 41.1 Å². The molecule has 0 heterocycles. The Hall–Kier alpha value is -0.450. The van der Waals surface area contributed by atoms with Gasteiger partial charge < -0.3 is 19.0 Å². The molecule has 86 valence electrons. The summed E-state index contributed by atoms with van der Waals surface area (Å²) in [5.74, 6) is 0.167. The summed E-state index contributed by atoms with van der Waals surface area (Å²) in [4.78, 5) is 9.44. The van der Waals surface area contributed by atoms with Crippen LogP contribution in [0.2, 0.25) is 0 Å². The first-order chi connectivity index (χ1) is 6.58. The molecule has 14 heavy (non-hydrogen) atoms. The normalized spacial score (nSPS) is 9.57. The Morgan fingerprint density at radius 1 is 0.929 bits per heavy atom. The number of hydrogen-bond acceptors (Lipinski definition) is 4. The van der Waals surface area contributed by atoms with Gasteiger partial charge in [-0.05, 0) is 34.6 Å². The lowest BCUT2D eigenvalue weighted by Gasteiger charge is -2.15. The SMILES string of the molecule is CC(C)=O.CCOC(OCC)OCC. The third-order valence-corrected chi connectivity index (χ3v) is 0.908. The highest BCUT2D eigenvalue weighted by Gasteiger charge is 2.04. The Morgan fingerprint density at radius 3 is 1.29 bits per heavy atom. The van der Waals surface area contributed by atoms with Crippen LogP contribution in [0, 0.1) is 0 Å². The minimum absolute atomic E-state index is 0.167. The second-order valence-corrected chi connectivity index (χ2v) is 2.56. The first kappa shape index (κ1) is 16.0. The predicted molar refractivity (Wildman–Crippen MR) is 55.0 cm³/mol. The van der Waals surface area contributed by atoms with E-state index < -0.39 is 6.48 Å². The number of hydrogen-bond donors (Lipinski definition) is 0. The molecule has 0 unspecified atom stereocenters. The largest absolute Gasteiger partial charge is 0.330 e. The number of carbonyl (C=O) groups is 1. The average molecular weight is 206 g/mol. The third-order valence-electron chi connectivity index (χ3n) is 0.908. The zero-order chi connectivity index (χ0) is 11.4. The molecule has 4 nitrogen and oxygen atoms in total. The summed E-state index contributed by atoms with van der Waals surface area (Å²) >= 11 is 0. The van der Waals surface area contributed by atoms with Crippen molar-refractivity contribution >= 4 is 5.78 Å². The Morgan fingerprint density at radius 2 is 1.14 bits per heavy atom. The maximum atomic E-state index is 9.44. The molecule has 0 aliphatic carbocycles. The van der Waals surface area contributed by atoms with Crippen LogP contribution >= 0.6 is 0 Å². The van der Waals surface area contributed by atoms with Gasteiger partial charge in [0, 0.05) is 19.8 Å². The molecule has 0 rings (SSSR count). The fourth-order valence-corrected chi connectivity index (χ4v) is 0.553. The Bertz CT molecular complexity index is 107. The van der Waals surface area contributed by atoms with Gasteiger partial charge in [-0.3, -0.25) is 0 Å². The highest BCUT2D eigenvalue weighted by atomic mass is 16.8. The fraction of sp³-hybridized carbons (Fsp3) is 0.900. The second-order valence-electron chi connectivity index (χ2n) is 2.56. The molecule has 0 aromatic carbocycles. The van der Waals surface area contributed by atoms with Crippen LogP contribution in [-0.2, 0) is 19.0 Å². The summed E-state index contributed by atoms with van der Waals surface area (Å²) in [5.41, 5.74) is 0. The molecule has 0 bridgehead atoms. The van der Waals surface area contributed by atoms with Gasteiger partial charge in [0.05, 0.1) is 0 Å². The van der Waals surface area contributed by atoms with Gasteiger partial charge in [-0.2, -0.15) is 0 Å². The van der Waals surface area contributed by atoms with Gasteiger partial charge in [0.1, 0.15) is 5.78 Å². The number of Topliss-reactive ketones (excluding diaryl/α,β-unsaturated/α-hetero) is 1. The quantitative estimate of drug-likeness (QED) is 0.623. The lowest BCUT2D eigenvalue weighted by Crippen LogP contribution is -2.20. The molecule has 0 N–H and O–H groups in total. The molecule has 0 atom stereocenters. The van der Waals surface area contributed by atoms with Gasteiger partial charge in [0.25, 0.3) is 6.48 Å². The summed E-state index contributed by atoms with van der Waals surface area (Å²) < 4.78 is 15.2. The number of ether oxygens (including phenoxy) is 3. The molecule has 0 aromatic heterocycles. The molecule has 0 saturated heterocycles. The van der Waals surface area contributed by atoms with Gasteiger partial charge in [-0.25, -0.2) is 0 Å². The maximum Gasteiger partial charge on any atom is 0.271 e. The van der Waals surface area contributed by atoms with Crippen molar-refractivity contribution in [2.75, 3.05) is 19.8 Å². The van der Waals surface area contributed by atoms with Crippen molar-refractivity contribution in [1.82, 2.24) is 0 Å². The Balaban J connectivity index is 0. The standard InChI is InChI=1S/C7H16O3.C3H6O/c1-4-8-7(9-5-2)10-6-3;1-3(2)4/h7H,4-6H2,1-3H3;1-2H3. The average Bonchev–Trinajstić information content (AvgIpc) is 2.04. The second kappa shape index (κ2) is 12.6. The molecule has 0 fully saturated rings. The van der Waals surface area contributed by atoms with Crippen LogP contribution in [0.3, 0.4) is 0 Å². The van der Waals surface area contributed by atoms with Gasteiger partial charge in [0.2, 0.25) is 0 Å². The van der Waals surface area contributed by atoms with E-state index >= 15 is 0 Å². The summed E-state index contributed by atoms with van der Waals surface area (Å²) in [7, 11) is 0. The maximum absolute atomic E-state index is 9.44. The summed E-state index contributed by atoms with van der Waals surface area (Å²) in [6.45, 7) is 10.2. The van der Waals surface area contributed by atoms with Gasteiger partial charge in [-0.1, -0.05) is 0 Å². The molecule has 0 aliphatic rings. The highest BCUT2D eigenvalue weighted by molar-refractivity contribution is 5.72. The molecule has 0 radical (unpaired) electrons. The van der Waals surface area contributed by atoms with Gasteiger partial charge in [-0.15, -0.1) is 0 Å². The van der Waals surface area contributed by atoms with E-state index in [2.05, 4.69) is 0 Å². The summed E-state index contributed by atoms with van der Waals surface area (Å²) in [5, 5.41) is 0. The minimum atomic E-state index is -0.472. The van der Waals surface area contributed by atoms with Crippen LogP contribution in [0.1, 0.15) is 34.6 Å². The van der Waals surface area contributed by atoms with E-state index in [0.29, 0.717) is 19.8 Å². The predicted octanol–water partition coefficient (Wildman–Crippen LogP) is 1.97.